The van der Waals surface area contributed by atoms with E-state index in [1.165, 1.54) is 71.0 Å². The minimum atomic E-state index is -0.180. The summed E-state index contributed by atoms with van der Waals surface area (Å²) in [4.78, 5) is 2.41. The van der Waals surface area contributed by atoms with Crippen molar-refractivity contribution in [2.24, 2.45) is 5.92 Å². The average molecular weight is 268 g/mol. The molecule has 2 aliphatic rings. The van der Waals surface area contributed by atoms with Crippen LogP contribution >= 0.6 is 0 Å². The lowest BCUT2D eigenvalue weighted by molar-refractivity contribution is 0.0992. The summed E-state index contributed by atoms with van der Waals surface area (Å²) in [6, 6.07) is 0.790. The quantitative estimate of drug-likeness (QED) is 0.752. The summed E-state index contributed by atoms with van der Waals surface area (Å²) in [6.07, 6.45) is 10.9. The first kappa shape index (κ1) is 15.3. The molecular weight excluding hydrogens is 236 g/mol. The van der Waals surface area contributed by atoms with E-state index in [9.17, 15) is 5.11 Å². The SMILES string of the molecule is C[C@@H](O)CN1CCC(CNC2CCCCCC2)CC1. The fourth-order valence-electron chi connectivity index (χ4n) is 3.56. The Morgan fingerprint density at radius 2 is 1.68 bits per heavy atom. The van der Waals surface area contributed by atoms with Gasteiger partial charge in [0.1, 0.15) is 0 Å². The maximum absolute atomic E-state index is 9.42. The number of β-amino-alcohol motifs (C(OH)–C–C–N with tert-alkyl or cyclic N) is 1. The highest BCUT2D eigenvalue weighted by molar-refractivity contribution is 4.77. The predicted octanol–water partition coefficient (Wildman–Crippen LogP) is 2.39. The van der Waals surface area contributed by atoms with Crippen molar-refractivity contribution in [1.29, 1.82) is 0 Å². The number of aliphatic hydroxyl groups excluding tert-OH is 1. The Hall–Kier alpha value is -0.120. The molecule has 1 heterocycles. The molecule has 1 saturated heterocycles. The predicted molar refractivity (Wildman–Crippen MR) is 80.3 cm³/mol. The van der Waals surface area contributed by atoms with E-state index in [-0.39, 0.29) is 6.10 Å². The van der Waals surface area contributed by atoms with E-state index in [1.54, 1.807) is 0 Å². The van der Waals surface area contributed by atoms with Crippen LogP contribution in [0.5, 0.6) is 0 Å². The maximum atomic E-state index is 9.42. The molecular formula is C16H32N2O. The second-order valence-electron chi connectivity index (χ2n) is 6.69. The summed E-state index contributed by atoms with van der Waals surface area (Å²) in [7, 11) is 0. The van der Waals surface area contributed by atoms with E-state index < -0.39 is 0 Å². The highest BCUT2D eigenvalue weighted by Crippen LogP contribution is 2.20. The minimum absolute atomic E-state index is 0.180. The van der Waals surface area contributed by atoms with Crippen LogP contribution in [0.15, 0.2) is 0 Å². The van der Waals surface area contributed by atoms with Crippen molar-refractivity contribution >= 4 is 0 Å². The lowest BCUT2D eigenvalue weighted by Gasteiger charge is -2.33. The molecule has 1 aliphatic carbocycles. The van der Waals surface area contributed by atoms with Crippen LogP contribution in [0.4, 0.5) is 0 Å². The summed E-state index contributed by atoms with van der Waals surface area (Å²) in [5, 5.41) is 13.2. The largest absolute Gasteiger partial charge is 0.392 e. The lowest BCUT2D eigenvalue weighted by atomic mass is 9.95. The number of nitrogens with one attached hydrogen (secondary N) is 1. The molecule has 0 aromatic carbocycles. The molecule has 19 heavy (non-hydrogen) atoms. The van der Waals surface area contributed by atoms with Crippen LogP contribution in [0.2, 0.25) is 0 Å². The summed E-state index contributed by atoms with van der Waals surface area (Å²) < 4.78 is 0. The molecule has 0 aromatic heterocycles. The van der Waals surface area contributed by atoms with Gasteiger partial charge in [-0.15, -0.1) is 0 Å². The van der Waals surface area contributed by atoms with Crippen molar-refractivity contribution in [1.82, 2.24) is 10.2 Å². The molecule has 3 heteroatoms. The number of piperidine rings is 1. The number of rotatable bonds is 5. The average Bonchev–Trinajstić information content (AvgIpc) is 2.66. The van der Waals surface area contributed by atoms with Gasteiger partial charge < -0.3 is 15.3 Å². The van der Waals surface area contributed by atoms with E-state index >= 15 is 0 Å². The summed E-state index contributed by atoms with van der Waals surface area (Å²) in [6.45, 7) is 6.29. The zero-order valence-corrected chi connectivity index (χ0v) is 12.6. The second kappa shape index (κ2) is 8.23. The van der Waals surface area contributed by atoms with E-state index in [1.807, 2.05) is 6.92 Å². The van der Waals surface area contributed by atoms with Gasteiger partial charge in [-0.05, 0) is 58.2 Å². The van der Waals surface area contributed by atoms with Gasteiger partial charge in [-0.3, -0.25) is 0 Å². The number of nitrogens with zero attached hydrogens (tertiary/aromatic N) is 1. The molecule has 1 saturated carbocycles. The Morgan fingerprint density at radius 3 is 2.26 bits per heavy atom. The van der Waals surface area contributed by atoms with Crippen LogP contribution in [-0.2, 0) is 0 Å². The molecule has 0 amide bonds. The molecule has 1 aliphatic heterocycles. The molecule has 2 rings (SSSR count). The van der Waals surface area contributed by atoms with Crippen molar-refractivity contribution in [3.8, 4) is 0 Å². The number of aliphatic hydroxyl groups is 1. The first-order chi connectivity index (χ1) is 9.24. The summed E-state index contributed by atoms with van der Waals surface area (Å²) in [5.74, 6) is 0.855. The molecule has 0 bridgehead atoms. The van der Waals surface area contributed by atoms with E-state index in [0.717, 1.165) is 18.5 Å². The first-order valence-electron chi connectivity index (χ1n) is 8.38. The monoisotopic (exact) mass is 268 g/mol. The Balaban J connectivity index is 1.59. The van der Waals surface area contributed by atoms with Gasteiger partial charge in [0, 0.05) is 12.6 Å². The van der Waals surface area contributed by atoms with Crippen LogP contribution < -0.4 is 5.32 Å². The van der Waals surface area contributed by atoms with Gasteiger partial charge >= 0.3 is 0 Å². The molecule has 1 atom stereocenters. The van der Waals surface area contributed by atoms with Gasteiger partial charge in [-0.25, -0.2) is 0 Å². The Kier molecular flexibility index (Phi) is 6.62. The van der Waals surface area contributed by atoms with Gasteiger partial charge in [0.2, 0.25) is 0 Å². The highest BCUT2D eigenvalue weighted by Gasteiger charge is 2.21. The second-order valence-corrected chi connectivity index (χ2v) is 6.69. The Bertz CT molecular complexity index is 229. The van der Waals surface area contributed by atoms with E-state index in [4.69, 9.17) is 0 Å². The molecule has 112 valence electrons. The Morgan fingerprint density at radius 1 is 1.05 bits per heavy atom. The van der Waals surface area contributed by atoms with Gasteiger partial charge in [0.25, 0.3) is 0 Å². The van der Waals surface area contributed by atoms with Gasteiger partial charge in [0.05, 0.1) is 6.10 Å². The Labute approximate surface area is 118 Å². The smallest absolute Gasteiger partial charge is 0.0639 e. The molecule has 2 N–H and O–H groups in total. The molecule has 2 fully saturated rings. The highest BCUT2D eigenvalue weighted by atomic mass is 16.3. The van der Waals surface area contributed by atoms with Crippen molar-refractivity contribution in [2.45, 2.75) is 70.4 Å². The van der Waals surface area contributed by atoms with E-state index in [0.29, 0.717) is 0 Å². The fourth-order valence-corrected chi connectivity index (χ4v) is 3.56. The van der Waals surface area contributed by atoms with Gasteiger partial charge in [0.15, 0.2) is 0 Å². The molecule has 0 radical (unpaired) electrons. The summed E-state index contributed by atoms with van der Waals surface area (Å²) >= 11 is 0. The first-order valence-corrected chi connectivity index (χ1v) is 8.38. The van der Waals surface area contributed by atoms with Crippen LogP contribution in [0.25, 0.3) is 0 Å². The molecule has 0 spiro atoms. The molecule has 3 nitrogen and oxygen atoms in total. The zero-order valence-electron chi connectivity index (χ0n) is 12.6. The topological polar surface area (TPSA) is 35.5 Å². The van der Waals surface area contributed by atoms with Crippen molar-refractivity contribution < 1.29 is 5.11 Å². The minimum Gasteiger partial charge on any atom is -0.392 e. The van der Waals surface area contributed by atoms with Crippen LogP contribution in [-0.4, -0.2) is 48.3 Å². The van der Waals surface area contributed by atoms with Crippen LogP contribution in [0.3, 0.4) is 0 Å². The maximum Gasteiger partial charge on any atom is 0.0639 e. The molecule has 0 aromatic rings. The van der Waals surface area contributed by atoms with E-state index in [2.05, 4.69) is 10.2 Å². The lowest BCUT2D eigenvalue weighted by Crippen LogP contribution is -2.41. The third kappa shape index (κ3) is 5.80. The standard InChI is InChI=1S/C16H32N2O/c1-14(19)13-18-10-8-15(9-11-18)12-17-16-6-4-2-3-5-7-16/h14-17,19H,2-13H2,1H3/t14-/m1/s1. The van der Waals surface area contributed by atoms with Gasteiger partial charge in [-0.1, -0.05) is 25.7 Å². The zero-order chi connectivity index (χ0) is 13.5. The molecule has 0 unspecified atom stereocenters. The van der Waals surface area contributed by atoms with Gasteiger partial charge in [-0.2, -0.15) is 0 Å². The van der Waals surface area contributed by atoms with Crippen molar-refractivity contribution in [3.63, 3.8) is 0 Å². The van der Waals surface area contributed by atoms with Crippen molar-refractivity contribution in [3.05, 3.63) is 0 Å². The third-order valence-electron chi connectivity index (χ3n) is 4.78. The number of hydrogen-bond donors (Lipinski definition) is 2. The number of hydrogen-bond acceptors (Lipinski definition) is 3. The third-order valence-corrected chi connectivity index (χ3v) is 4.78. The van der Waals surface area contributed by atoms with Crippen LogP contribution in [0.1, 0.15) is 58.3 Å². The number of likely N-dealkylation sites (tertiary alicyclic amines) is 1. The normalized spacial score (nSPS) is 26.2. The summed E-state index contributed by atoms with van der Waals surface area (Å²) in [5.41, 5.74) is 0. The van der Waals surface area contributed by atoms with Crippen LogP contribution in [0, 0.1) is 5.92 Å². The van der Waals surface area contributed by atoms with Crippen molar-refractivity contribution in [2.75, 3.05) is 26.2 Å². The fraction of sp³-hybridized carbons (Fsp3) is 1.00.